The van der Waals surface area contributed by atoms with Crippen LogP contribution in [-0.4, -0.2) is 18.4 Å². The molecular weight excluding hydrogens is 319 g/mol. The third-order valence-electron chi connectivity index (χ3n) is 1.90. The molecule has 0 saturated carbocycles. The lowest BCUT2D eigenvalue weighted by atomic mass is 10.1. The number of ether oxygens (including phenoxy) is 1. The van der Waals surface area contributed by atoms with Crippen molar-refractivity contribution in [3.63, 3.8) is 0 Å². The fraction of sp³-hybridized carbons (Fsp3) is 0.167. The van der Waals surface area contributed by atoms with E-state index in [1.165, 1.54) is 0 Å². The Morgan fingerprint density at radius 2 is 1.75 bits per heavy atom. The van der Waals surface area contributed by atoms with E-state index in [1.807, 2.05) is 22.6 Å². The summed E-state index contributed by atoms with van der Waals surface area (Å²) in [5.74, 6) is -0.509. The zero-order valence-electron chi connectivity index (χ0n) is 8.83. The zero-order chi connectivity index (χ0) is 12.1. The maximum atomic E-state index is 11.5. The van der Waals surface area contributed by atoms with E-state index in [0.29, 0.717) is 21.3 Å². The first-order valence-electron chi connectivity index (χ1n) is 4.72. The number of Topliss-reactive ketones (excluding diaryl/α,β-unsaturated/α-hetero) is 1. The van der Waals surface area contributed by atoms with E-state index in [1.54, 1.807) is 31.2 Å². The van der Waals surface area contributed by atoms with Crippen molar-refractivity contribution in [1.82, 2.24) is 0 Å². The van der Waals surface area contributed by atoms with Crippen LogP contribution in [0.15, 0.2) is 34.4 Å². The van der Waals surface area contributed by atoms with Crippen LogP contribution in [0, 0.1) is 0 Å². The zero-order valence-corrected chi connectivity index (χ0v) is 11.0. The third kappa shape index (κ3) is 3.16. The van der Waals surface area contributed by atoms with Gasteiger partial charge in [-0.15, -0.1) is 0 Å². The molecule has 0 saturated heterocycles. The molecule has 1 aromatic carbocycles. The monoisotopic (exact) mass is 330 g/mol. The quantitative estimate of drug-likeness (QED) is 0.369. The summed E-state index contributed by atoms with van der Waals surface area (Å²) in [6.07, 6.45) is 0. The lowest BCUT2D eigenvalue weighted by Gasteiger charge is -2.02. The van der Waals surface area contributed by atoms with Gasteiger partial charge >= 0.3 is 5.97 Å². The predicted octanol–water partition coefficient (Wildman–Crippen LogP) is 2.99. The third-order valence-corrected chi connectivity index (χ3v) is 2.39. The molecule has 84 valence electrons. The maximum Gasteiger partial charge on any atom is 0.338 e. The molecule has 0 aliphatic rings. The molecule has 0 aliphatic carbocycles. The lowest BCUT2D eigenvalue weighted by Crippen LogP contribution is -2.05. The Morgan fingerprint density at radius 3 is 2.19 bits per heavy atom. The van der Waals surface area contributed by atoms with E-state index in [0.717, 1.165) is 0 Å². The van der Waals surface area contributed by atoms with Crippen LogP contribution in [0.1, 0.15) is 27.6 Å². The summed E-state index contributed by atoms with van der Waals surface area (Å²) in [4.78, 5) is 22.9. The van der Waals surface area contributed by atoms with Gasteiger partial charge in [-0.25, -0.2) is 4.79 Å². The van der Waals surface area contributed by atoms with E-state index in [-0.39, 0.29) is 11.8 Å². The summed E-state index contributed by atoms with van der Waals surface area (Å²) >= 11 is 1.87. The molecule has 1 aromatic rings. The van der Waals surface area contributed by atoms with Gasteiger partial charge in [0.25, 0.3) is 0 Å². The molecule has 0 aromatic heterocycles. The van der Waals surface area contributed by atoms with E-state index in [2.05, 4.69) is 6.58 Å². The normalized spacial score (nSPS) is 9.62. The van der Waals surface area contributed by atoms with Crippen LogP contribution in [0.2, 0.25) is 0 Å². The highest BCUT2D eigenvalue weighted by molar-refractivity contribution is 14.1. The van der Waals surface area contributed by atoms with Gasteiger partial charge in [-0.05, 0) is 41.6 Å². The number of carbonyl (C=O) groups is 2. The summed E-state index contributed by atoms with van der Waals surface area (Å²) in [6.45, 7) is 5.65. The number of rotatable bonds is 4. The Balaban J connectivity index is 2.87. The van der Waals surface area contributed by atoms with Gasteiger partial charge in [-0.2, -0.15) is 0 Å². The van der Waals surface area contributed by atoms with Crippen LogP contribution in [0.4, 0.5) is 0 Å². The summed E-state index contributed by atoms with van der Waals surface area (Å²) in [5.41, 5.74) is 0.963. The molecule has 0 heterocycles. The average molecular weight is 330 g/mol. The molecule has 0 radical (unpaired) electrons. The highest BCUT2D eigenvalue weighted by Crippen LogP contribution is 2.13. The van der Waals surface area contributed by atoms with Crippen LogP contribution in [0.5, 0.6) is 0 Å². The summed E-state index contributed by atoms with van der Waals surface area (Å²) < 4.78 is 5.28. The van der Waals surface area contributed by atoms with Gasteiger partial charge in [-0.3, -0.25) is 4.79 Å². The topological polar surface area (TPSA) is 43.4 Å². The minimum Gasteiger partial charge on any atom is -0.462 e. The maximum absolute atomic E-state index is 11.5. The molecule has 0 fully saturated rings. The van der Waals surface area contributed by atoms with Crippen molar-refractivity contribution >= 4 is 34.3 Å². The second-order valence-corrected chi connectivity index (χ2v) is 4.33. The molecule has 0 bridgehead atoms. The van der Waals surface area contributed by atoms with Crippen molar-refractivity contribution in [2.75, 3.05) is 6.61 Å². The molecule has 0 atom stereocenters. The number of hydrogen-bond acceptors (Lipinski definition) is 3. The van der Waals surface area contributed by atoms with Crippen LogP contribution in [0.3, 0.4) is 0 Å². The Kier molecular flexibility index (Phi) is 4.67. The van der Waals surface area contributed by atoms with Crippen LogP contribution >= 0.6 is 22.6 Å². The van der Waals surface area contributed by atoms with Gasteiger partial charge in [-0.1, -0.05) is 18.7 Å². The van der Waals surface area contributed by atoms with Crippen molar-refractivity contribution in [3.8, 4) is 0 Å². The smallest absolute Gasteiger partial charge is 0.338 e. The Bertz CT molecular complexity index is 420. The minimum absolute atomic E-state index is 0.129. The Hall–Kier alpha value is -1.17. The summed E-state index contributed by atoms with van der Waals surface area (Å²) in [5, 5.41) is 0. The summed E-state index contributed by atoms with van der Waals surface area (Å²) in [7, 11) is 0. The van der Waals surface area contributed by atoms with Crippen molar-refractivity contribution in [1.29, 1.82) is 0 Å². The average Bonchev–Trinajstić information content (AvgIpc) is 2.28. The molecule has 0 unspecified atom stereocenters. The van der Waals surface area contributed by atoms with Crippen LogP contribution in [0.25, 0.3) is 0 Å². The number of benzene rings is 1. The standard InChI is InChI=1S/C12H11IO3/c1-3-16-12(15)10-6-4-9(5-7-10)11(14)8(2)13/h4-7H,2-3H2,1H3. The first kappa shape index (κ1) is 12.9. The number of allylic oxidation sites excluding steroid dienone is 1. The number of hydrogen-bond donors (Lipinski definition) is 0. The molecule has 0 N–H and O–H groups in total. The van der Waals surface area contributed by atoms with Crippen molar-refractivity contribution in [2.24, 2.45) is 0 Å². The first-order chi connectivity index (χ1) is 7.56. The highest BCUT2D eigenvalue weighted by Gasteiger charge is 2.10. The fourth-order valence-electron chi connectivity index (χ4n) is 1.13. The van der Waals surface area contributed by atoms with Crippen molar-refractivity contribution < 1.29 is 14.3 Å². The minimum atomic E-state index is -0.380. The SMILES string of the molecule is C=C(I)C(=O)c1ccc(C(=O)OCC)cc1. The van der Waals surface area contributed by atoms with Gasteiger partial charge in [0, 0.05) is 5.56 Å². The molecule has 0 spiro atoms. The van der Waals surface area contributed by atoms with E-state index in [4.69, 9.17) is 4.74 Å². The molecule has 0 amide bonds. The second-order valence-electron chi connectivity index (χ2n) is 3.03. The fourth-order valence-corrected chi connectivity index (χ4v) is 1.44. The van der Waals surface area contributed by atoms with E-state index < -0.39 is 0 Å². The molecule has 4 heteroatoms. The Labute approximate surface area is 108 Å². The molecule has 1 rings (SSSR count). The largest absolute Gasteiger partial charge is 0.462 e. The van der Waals surface area contributed by atoms with E-state index >= 15 is 0 Å². The number of ketones is 1. The first-order valence-corrected chi connectivity index (χ1v) is 5.80. The van der Waals surface area contributed by atoms with Gasteiger partial charge in [0.1, 0.15) is 0 Å². The molecular formula is C12H11IO3. The lowest BCUT2D eigenvalue weighted by molar-refractivity contribution is 0.0526. The molecule has 16 heavy (non-hydrogen) atoms. The van der Waals surface area contributed by atoms with Gasteiger partial charge < -0.3 is 4.74 Å². The van der Waals surface area contributed by atoms with Gasteiger partial charge in [0.2, 0.25) is 0 Å². The van der Waals surface area contributed by atoms with Crippen molar-refractivity contribution in [2.45, 2.75) is 6.92 Å². The highest BCUT2D eigenvalue weighted by atomic mass is 127. The second kappa shape index (κ2) is 5.79. The van der Waals surface area contributed by atoms with Crippen LogP contribution in [-0.2, 0) is 4.74 Å². The number of carbonyl (C=O) groups excluding carboxylic acids is 2. The van der Waals surface area contributed by atoms with Crippen LogP contribution < -0.4 is 0 Å². The molecule has 0 aliphatic heterocycles. The Morgan fingerprint density at radius 1 is 1.25 bits per heavy atom. The van der Waals surface area contributed by atoms with Gasteiger partial charge in [0.05, 0.1) is 15.8 Å². The van der Waals surface area contributed by atoms with Gasteiger partial charge in [0.15, 0.2) is 5.78 Å². The van der Waals surface area contributed by atoms with E-state index in [9.17, 15) is 9.59 Å². The molecule has 3 nitrogen and oxygen atoms in total. The predicted molar refractivity (Wildman–Crippen MR) is 69.9 cm³/mol. The number of esters is 1. The van der Waals surface area contributed by atoms with Crippen molar-refractivity contribution in [3.05, 3.63) is 45.6 Å². The number of halogens is 1. The summed E-state index contributed by atoms with van der Waals surface area (Å²) in [6, 6.07) is 6.34.